The highest BCUT2D eigenvalue weighted by atomic mass is 32.1. The summed E-state index contributed by atoms with van der Waals surface area (Å²) in [4.78, 5) is 31.3. The van der Waals surface area contributed by atoms with E-state index in [1.54, 1.807) is 6.92 Å². The molecule has 0 aliphatic heterocycles. The molecule has 1 atom stereocenters. The maximum absolute atomic E-state index is 12.5. The Labute approximate surface area is 189 Å². The Balaban J connectivity index is 1.34. The van der Waals surface area contributed by atoms with E-state index in [0.29, 0.717) is 16.6 Å². The van der Waals surface area contributed by atoms with Crippen LogP contribution in [0, 0.1) is 0 Å². The number of nitrogens with zero attached hydrogens (tertiary/aromatic N) is 1. The lowest BCUT2D eigenvalue weighted by molar-refractivity contribution is -0.123. The van der Waals surface area contributed by atoms with Gasteiger partial charge in [-0.1, -0.05) is 0 Å². The maximum Gasteiger partial charge on any atom is 0.349 e. The molecule has 2 aromatic heterocycles. The molecule has 0 spiro atoms. The maximum atomic E-state index is 12.5. The standard InChI is InChI=1S/C23H24N2O4S2/c1-3-28-17-10-8-15(9-11-17)18-13-30-23(24-18)25-21(26)14(2)29-22(27)20-12-16-6-4-5-7-19(16)31-20/h8-14H,3-7H2,1-2H3,(H,24,25,26). The van der Waals surface area contributed by atoms with E-state index in [4.69, 9.17) is 9.47 Å². The molecule has 2 heterocycles. The molecule has 1 aromatic carbocycles. The molecular formula is C23H24N2O4S2. The number of esters is 1. The summed E-state index contributed by atoms with van der Waals surface area (Å²) in [5.74, 6) is -0.0456. The van der Waals surface area contributed by atoms with Crippen molar-refractivity contribution in [3.05, 3.63) is 51.0 Å². The van der Waals surface area contributed by atoms with Crippen LogP contribution in [-0.4, -0.2) is 29.6 Å². The molecule has 1 aliphatic carbocycles. The zero-order valence-electron chi connectivity index (χ0n) is 17.5. The van der Waals surface area contributed by atoms with Gasteiger partial charge in [-0.25, -0.2) is 9.78 Å². The van der Waals surface area contributed by atoms with Crippen molar-refractivity contribution in [3.63, 3.8) is 0 Å². The molecule has 0 radical (unpaired) electrons. The van der Waals surface area contributed by atoms with Crippen molar-refractivity contribution in [2.24, 2.45) is 0 Å². The Morgan fingerprint density at radius 2 is 1.97 bits per heavy atom. The fourth-order valence-corrected chi connectivity index (χ4v) is 5.28. The van der Waals surface area contributed by atoms with E-state index in [2.05, 4.69) is 10.3 Å². The molecule has 31 heavy (non-hydrogen) atoms. The number of ether oxygens (including phenoxy) is 2. The summed E-state index contributed by atoms with van der Waals surface area (Å²) in [6, 6.07) is 9.55. The molecule has 4 rings (SSSR count). The van der Waals surface area contributed by atoms with Gasteiger partial charge >= 0.3 is 5.97 Å². The number of benzene rings is 1. The lowest BCUT2D eigenvalue weighted by atomic mass is 9.99. The second-order valence-corrected chi connectivity index (χ2v) is 9.29. The summed E-state index contributed by atoms with van der Waals surface area (Å²) >= 11 is 2.81. The third kappa shape index (κ3) is 5.14. The van der Waals surface area contributed by atoms with E-state index in [9.17, 15) is 9.59 Å². The van der Waals surface area contributed by atoms with Crippen molar-refractivity contribution >= 4 is 39.7 Å². The van der Waals surface area contributed by atoms with Gasteiger partial charge in [0.05, 0.1) is 12.3 Å². The number of fused-ring (bicyclic) bond motifs is 1. The Kier molecular flexibility index (Phi) is 6.67. The SMILES string of the molecule is CCOc1ccc(-c2csc(NC(=O)C(C)OC(=O)c3cc4c(s3)CCCC4)n2)cc1. The van der Waals surface area contributed by atoms with Crippen LogP contribution < -0.4 is 10.1 Å². The molecule has 1 N–H and O–H groups in total. The number of carbonyl (C=O) groups is 2. The quantitative estimate of drug-likeness (QED) is 0.486. The molecule has 6 nitrogen and oxygen atoms in total. The molecule has 1 amide bonds. The summed E-state index contributed by atoms with van der Waals surface area (Å²) in [6.07, 6.45) is 3.43. The number of thiophene rings is 1. The number of aryl methyl sites for hydroxylation is 2. The number of carbonyl (C=O) groups excluding carboxylic acids is 2. The lowest BCUT2D eigenvalue weighted by Gasteiger charge is -2.11. The molecule has 1 unspecified atom stereocenters. The van der Waals surface area contributed by atoms with E-state index in [1.807, 2.05) is 42.6 Å². The van der Waals surface area contributed by atoms with E-state index < -0.39 is 18.0 Å². The van der Waals surface area contributed by atoms with Crippen LogP contribution in [0.25, 0.3) is 11.3 Å². The van der Waals surface area contributed by atoms with Gasteiger partial charge in [-0.15, -0.1) is 22.7 Å². The molecule has 162 valence electrons. The number of hydrogen-bond acceptors (Lipinski definition) is 7. The van der Waals surface area contributed by atoms with Crippen LogP contribution >= 0.6 is 22.7 Å². The smallest absolute Gasteiger partial charge is 0.349 e. The Morgan fingerprint density at radius 3 is 2.71 bits per heavy atom. The second-order valence-electron chi connectivity index (χ2n) is 7.30. The van der Waals surface area contributed by atoms with E-state index >= 15 is 0 Å². The van der Waals surface area contributed by atoms with Crippen molar-refractivity contribution in [1.29, 1.82) is 0 Å². The van der Waals surface area contributed by atoms with Crippen LogP contribution in [0.1, 0.15) is 46.8 Å². The minimum absolute atomic E-state index is 0.401. The molecule has 0 bridgehead atoms. The zero-order valence-corrected chi connectivity index (χ0v) is 19.1. The van der Waals surface area contributed by atoms with Gasteiger partial charge in [0.1, 0.15) is 10.6 Å². The summed E-state index contributed by atoms with van der Waals surface area (Å²) in [5, 5.41) is 5.07. The van der Waals surface area contributed by atoms with Gasteiger partial charge in [-0.3, -0.25) is 10.1 Å². The highest BCUT2D eigenvalue weighted by Crippen LogP contribution is 2.30. The third-order valence-electron chi connectivity index (χ3n) is 5.05. The Bertz CT molecular complexity index is 1050. The number of anilines is 1. The first-order chi connectivity index (χ1) is 15.0. The molecule has 0 saturated heterocycles. The fraction of sp³-hybridized carbons (Fsp3) is 0.348. The molecule has 0 saturated carbocycles. The van der Waals surface area contributed by atoms with Crippen molar-refractivity contribution in [2.75, 3.05) is 11.9 Å². The van der Waals surface area contributed by atoms with Crippen molar-refractivity contribution < 1.29 is 19.1 Å². The van der Waals surface area contributed by atoms with Gasteiger partial charge in [0.25, 0.3) is 5.91 Å². The van der Waals surface area contributed by atoms with Crippen molar-refractivity contribution in [2.45, 2.75) is 45.6 Å². The monoisotopic (exact) mass is 456 g/mol. The number of aromatic nitrogens is 1. The van der Waals surface area contributed by atoms with Gasteiger partial charge in [-0.2, -0.15) is 0 Å². The average Bonchev–Trinajstić information content (AvgIpc) is 3.41. The van der Waals surface area contributed by atoms with Crippen LogP contribution in [0.3, 0.4) is 0 Å². The predicted molar refractivity (Wildman–Crippen MR) is 123 cm³/mol. The van der Waals surface area contributed by atoms with Crippen LogP contribution in [0.2, 0.25) is 0 Å². The molecule has 1 aliphatic rings. The minimum atomic E-state index is -0.913. The van der Waals surface area contributed by atoms with Crippen LogP contribution in [0.4, 0.5) is 5.13 Å². The van der Waals surface area contributed by atoms with Gasteiger partial charge in [-0.05, 0) is 75.4 Å². The highest BCUT2D eigenvalue weighted by molar-refractivity contribution is 7.14. The molecular weight excluding hydrogens is 432 g/mol. The zero-order chi connectivity index (χ0) is 21.8. The van der Waals surface area contributed by atoms with Gasteiger partial charge < -0.3 is 9.47 Å². The normalized spacial score (nSPS) is 13.9. The fourth-order valence-electron chi connectivity index (χ4n) is 3.42. The molecule has 0 fully saturated rings. The van der Waals surface area contributed by atoms with E-state index in [1.165, 1.54) is 33.1 Å². The first-order valence-corrected chi connectivity index (χ1v) is 12.0. The largest absolute Gasteiger partial charge is 0.494 e. The van der Waals surface area contributed by atoms with E-state index in [0.717, 1.165) is 42.7 Å². The van der Waals surface area contributed by atoms with Gasteiger partial charge in [0, 0.05) is 15.8 Å². The topological polar surface area (TPSA) is 77.5 Å². The average molecular weight is 457 g/mol. The molecule has 8 heteroatoms. The third-order valence-corrected chi connectivity index (χ3v) is 7.02. The predicted octanol–water partition coefficient (Wildman–Crippen LogP) is 5.33. The Morgan fingerprint density at radius 1 is 1.19 bits per heavy atom. The van der Waals surface area contributed by atoms with Crippen molar-refractivity contribution in [1.82, 2.24) is 4.98 Å². The van der Waals surface area contributed by atoms with Crippen LogP contribution in [-0.2, 0) is 22.4 Å². The summed E-state index contributed by atoms with van der Waals surface area (Å²) < 4.78 is 10.9. The number of hydrogen-bond donors (Lipinski definition) is 1. The lowest BCUT2D eigenvalue weighted by Crippen LogP contribution is -2.29. The van der Waals surface area contributed by atoms with Crippen molar-refractivity contribution in [3.8, 4) is 17.0 Å². The first kappa shape index (κ1) is 21.5. The van der Waals surface area contributed by atoms with Crippen LogP contribution in [0.5, 0.6) is 5.75 Å². The van der Waals surface area contributed by atoms with Crippen LogP contribution in [0.15, 0.2) is 35.7 Å². The number of nitrogens with one attached hydrogen (secondary N) is 1. The second kappa shape index (κ2) is 9.62. The summed E-state index contributed by atoms with van der Waals surface area (Å²) in [5.41, 5.74) is 2.93. The van der Waals surface area contributed by atoms with Gasteiger partial charge in [0.2, 0.25) is 0 Å². The number of amides is 1. The van der Waals surface area contributed by atoms with Gasteiger partial charge in [0.15, 0.2) is 11.2 Å². The first-order valence-electron chi connectivity index (χ1n) is 10.4. The summed E-state index contributed by atoms with van der Waals surface area (Å²) in [6.45, 7) is 4.13. The minimum Gasteiger partial charge on any atom is -0.494 e. The highest BCUT2D eigenvalue weighted by Gasteiger charge is 2.23. The number of thiazole rings is 1. The summed E-state index contributed by atoms with van der Waals surface area (Å²) in [7, 11) is 0. The van der Waals surface area contributed by atoms with E-state index in [-0.39, 0.29) is 0 Å². The Hall–Kier alpha value is -2.71. The molecule has 3 aromatic rings. The number of rotatable bonds is 7.